The van der Waals surface area contributed by atoms with Crippen LogP contribution in [-0.2, 0) is 21.3 Å². The number of carbonyl (C=O) groups is 1. The average molecular weight is 475 g/mol. The van der Waals surface area contributed by atoms with Crippen molar-refractivity contribution in [1.29, 1.82) is 0 Å². The molecule has 5 aliphatic rings. The molecule has 6 heteroatoms. The Bertz CT molecular complexity index is 1150. The van der Waals surface area contributed by atoms with E-state index in [4.69, 9.17) is 9.47 Å². The van der Waals surface area contributed by atoms with Crippen molar-refractivity contribution in [2.75, 3.05) is 33.4 Å². The number of phenolic OH excluding ortho intramolecular Hbond substituents is 1. The van der Waals surface area contributed by atoms with Gasteiger partial charge < -0.3 is 19.5 Å². The zero-order chi connectivity index (χ0) is 23.8. The van der Waals surface area contributed by atoms with Crippen molar-refractivity contribution >= 4 is 5.91 Å². The van der Waals surface area contributed by atoms with Crippen LogP contribution in [0.1, 0.15) is 47.2 Å². The molecule has 2 aromatic rings. The molecule has 0 radical (unpaired) electrons. The number of methoxy groups -OCH3 is 1. The van der Waals surface area contributed by atoms with Gasteiger partial charge in [-0.3, -0.25) is 9.69 Å². The first-order valence-corrected chi connectivity index (χ1v) is 13.2. The van der Waals surface area contributed by atoms with Gasteiger partial charge in [0.2, 0.25) is 0 Å². The van der Waals surface area contributed by atoms with Gasteiger partial charge in [-0.1, -0.05) is 24.3 Å². The minimum absolute atomic E-state index is 0.0462. The largest absolute Gasteiger partial charge is 0.508 e. The monoisotopic (exact) mass is 474 g/mol. The first-order valence-electron chi connectivity index (χ1n) is 13.2. The van der Waals surface area contributed by atoms with E-state index >= 15 is 0 Å². The number of hydrogen-bond donors (Lipinski definition) is 1. The van der Waals surface area contributed by atoms with Crippen LogP contribution in [0.5, 0.6) is 5.75 Å². The summed E-state index contributed by atoms with van der Waals surface area (Å²) in [4.78, 5) is 18.4. The number of piperidine rings is 1. The topological polar surface area (TPSA) is 62.2 Å². The Kier molecular flexibility index (Phi) is 4.86. The van der Waals surface area contributed by atoms with Crippen LogP contribution < -0.4 is 0 Å². The van der Waals surface area contributed by atoms with E-state index in [0.29, 0.717) is 18.3 Å². The van der Waals surface area contributed by atoms with Crippen LogP contribution in [0.15, 0.2) is 48.5 Å². The first-order chi connectivity index (χ1) is 17.1. The Hall–Kier alpha value is -2.41. The van der Waals surface area contributed by atoms with Crippen molar-refractivity contribution in [3.8, 4) is 5.75 Å². The lowest BCUT2D eigenvalue weighted by molar-refractivity contribution is -0.170. The zero-order valence-electron chi connectivity index (χ0n) is 20.4. The summed E-state index contributed by atoms with van der Waals surface area (Å²) < 4.78 is 12.6. The molecule has 1 saturated carbocycles. The normalized spacial score (nSPS) is 36.7. The summed E-state index contributed by atoms with van der Waals surface area (Å²) in [6, 6.07) is 16.2. The van der Waals surface area contributed by atoms with Crippen molar-refractivity contribution in [3.63, 3.8) is 0 Å². The molecule has 7 rings (SSSR count). The summed E-state index contributed by atoms with van der Waals surface area (Å²) in [6.07, 6.45) is 4.98. The molecule has 2 aliphatic carbocycles. The molecule has 0 aromatic heterocycles. The average Bonchev–Trinajstić information content (AvgIpc) is 3.32. The molecule has 4 fully saturated rings. The van der Waals surface area contributed by atoms with Gasteiger partial charge in [-0.25, -0.2) is 0 Å². The Morgan fingerprint density at radius 3 is 2.89 bits per heavy atom. The molecule has 3 saturated heterocycles. The summed E-state index contributed by atoms with van der Waals surface area (Å²) >= 11 is 0. The van der Waals surface area contributed by atoms with E-state index in [1.165, 1.54) is 11.1 Å². The molecule has 1 amide bonds. The number of benzene rings is 2. The van der Waals surface area contributed by atoms with Gasteiger partial charge in [0.1, 0.15) is 5.75 Å². The summed E-state index contributed by atoms with van der Waals surface area (Å²) in [5.74, 6) is 0.732. The fourth-order valence-electron chi connectivity index (χ4n) is 8.83. The van der Waals surface area contributed by atoms with Crippen LogP contribution in [0.2, 0.25) is 0 Å². The minimum Gasteiger partial charge on any atom is -0.508 e. The van der Waals surface area contributed by atoms with Crippen molar-refractivity contribution in [2.24, 2.45) is 5.92 Å². The molecule has 0 unspecified atom stereocenters. The lowest BCUT2D eigenvalue weighted by Gasteiger charge is -2.64. The molecular weight excluding hydrogens is 440 g/mol. The highest BCUT2D eigenvalue weighted by Gasteiger charge is 2.78. The number of fused-ring (bicyclic) bond motifs is 1. The SMILES string of the molecule is COCCCN1CC[C@@]23c4cc(O)ccc4C[C@@H]1[C@]21CC[C@@H]2[C@H]3[C@@H](CN2C(=O)c2ccccc2)O1. The van der Waals surface area contributed by atoms with Crippen LogP contribution in [0.3, 0.4) is 0 Å². The summed E-state index contributed by atoms with van der Waals surface area (Å²) in [5, 5.41) is 10.6. The maximum absolute atomic E-state index is 13.6. The van der Waals surface area contributed by atoms with E-state index in [0.717, 1.165) is 57.4 Å². The first kappa shape index (κ1) is 21.8. The second-order valence-corrected chi connectivity index (χ2v) is 11.2. The summed E-state index contributed by atoms with van der Waals surface area (Å²) in [5.41, 5.74) is 3.00. The van der Waals surface area contributed by atoms with E-state index in [1.807, 2.05) is 42.5 Å². The summed E-state index contributed by atoms with van der Waals surface area (Å²) in [6.45, 7) is 3.48. The molecule has 0 spiro atoms. The van der Waals surface area contributed by atoms with Gasteiger partial charge in [0.15, 0.2) is 0 Å². The maximum Gasteiger partial charge on any atom is 0.254 e. The van der Waals surface area contributed by atoms with Crippen LogP contribution in [0.4, 0.5) is 0 Å². The zero-order valence-corrected chi connectivity index (χ0v) is 20.4. The van der Waals surface area contributed by atoms with Crippen molar-refractivity contribution < 1.29 is 19.4 Å². The number of ether oxygens (including phenoxy) is 2. The molecule has 2 aromatic carbocycles. The smallest absolute Gasteiger partial charge is 0.254 e. The predicted octanol–water partition coefficient (Wildman–Crippen LogP) is 3.37. The molecule has 3 aliphatic heterocycles. The fourth-order valence-corrected chi connectivity index (χ4v) is 8.83. The van der Waals surface area contributed by atoms with Gasteiger partial charge in [0, 0.05) is 55.8 Å². The van der Waals surface area contributed by atoms with Crippen LogP contribution in [0.25, 0.3) is 0 Å². The Morgan fingerprint density at radius 1 is 1.20 bits per heavy atom. The van der Waals surface area contributed by atoms with E-state index in [1.54, 1.807) is 7.11 Å². The molecule has 4 bridgehead atoms. The van der Waals surface area contributed by atoms with E-state index < -0.39 is 0 Å². The number of rotatable bonds is 5. The quantitative estimate of drug-likeness (QED) is 0.674. The highest BCUT2D eigenvalue weighted by Crippen LogP contribution is 2.69. The minimum atomic E-state index is -0.243. The van der Waals surface area contributed by atoms with Crippen LogP contribution in [-0.4, -0.2) is 78.0 Å². The van der Waals surface area contributed by atoms with Crippen molar-refractivity contribution in [1.82, 2.24) is 9.80 Å². The van der Waals surface area contributed by atoms with Crippen LogP contribution in [0, 0.1) is 5.92 Å². The lowest BCUT2D eigenvalue weighted by atomic mass is 9.46. The van der Waals surface area contributed by atoms with Gasteiger partial charge >= 0.3 is 0 Å². The predicted molar refractivity (Wildman–Crippen MR) is 132 cm³/mol. The molecule has 3 heterocycles. The second-order valence-electron chi connectivity index (χ2n) is 11.2. The number of carbonyl (C=O) groups excluding carboxylic acids is 1. The standard InChI is InChI=1S/C29H34N2O4/c1-34-15-5-13-30-14-12-28-22-17-21(32)9-8-20(22)16-25(30)29(28)11-10-23-26(28)24(35-29)18-31(23)27(33)19-6-3-2-4-7-19/h2-4,6-9,17,23-26,32H,5,10-16,18H2,1H3/t23-,24-,25-,26+,28+,29-/m1/s1. The molecule has 1 N–H and O–H groups in total. The van der Waals surface area contributed by atoms with E-state index in [9.17, 15) is 9.90 Å². The summed E-state index contributed by atoms with van der Waals surface area (Å²) in [7, 11) is 1.77. The number of phenols is 1. The van der Waals surface area contributed by atoms with E-state index in [-0.39, 0.29) is 35.0 Å². The maximum atomic E-state index is 13.6. The van der Waals surface area contributed by atoms with Gasteiger partial charge in [-0.15, -0.1) is 0 Å². The molecular formula is C29H34N2O4. The highest BCUT2D eigenvalue weighted by molar-refractivity contribution is 5.94. The van der Waals surface area contributed by atoms with Gasteiger partial charge in [0.25, 0.3) is 5.91 Å². The molecule has 6 nitrogen and oxygen atoms in total. The third-order valence-corrected chi connectivity index (χ3v) is 9.92. The van der Waals surface area contributed by atoms with Gasteiger partial charge in [-0.05, 0) is 74.0 Å². The Morgan fingerprint density at radius 2 is 2.06 bits per heavy atom. The second kappa shape index (κ2) is 7.79. The Balaban J connectivity index is 1.31. The molecule has 35 heavy (non-hydrogen) atoms. The van der Waals surface area contributed by atoms with E-state index in [2.05, 4.69) is 15.9 Å². The van der Waals surface area contributed by atoms with Gasteiger partial charge in [-0.2, -0.15) is 0 Å². The number of likely N-dealkylation sites (tertiary alicyclic amines) is 2. The fraction of sp³-hybridized carbons (Fsp3) is 0.552. The van der Waals surface area contributed by atoms with Gasteiger partial charge in [0.05, 0.1) is 11.7 Å². The number of amides is 1. The third-order valence-electron chi connectivity index (χ3n) is 9.92. The molecule has 6 atom stereocenters. The third kappa shape index (κ3) is 2.79. The highest BCUT2D eigenvalue weighted by atomic mass is 16.5. The Labute approximate surface area is 206 Å². The number of aromatic hydroxyl groups is 1. The number of nitrogens with zero attached hydrogens (tertiary/aromatic N) is 2. The number of hydrogen-bond acceptors (Lipinski definition) is 5. The van der Waals surface area contributed by atoms with Crippen molar-refractivity contribution in [2.45, 2.75) is 61.3 Å². The van der Waals surface area contributed by atoms with Crippen LogP contribution >= 0.6 is 0 Å². The lowest BCUT2D eigenvalue weighted by Crippen LogP contribution is -2.74. The molecule has 184 valence electrons. The van der Waals surface area contributed by atoms with Crippen molar-refractivity contribution in [3.05, 3.63) is 65.2 Å².